The van der Waals surface area contributed by atoms with Crippen molar-refractivity contribution in [2.45, 2.75) is 26.3 Å². The maximum absolute atomic E-state index is 12.4. The summed E-state index contributed by atoms with van der Waals surface area (Å²) in [5.74, 6) is 0.910. The summed E-state index contributed by atoms with van der Waals surface area (Å²) in [6.07, 6.45) is 5.43. The Morgan fingerprint density at radius 3 is 2.96 bits per heavy atom. The minimum atomic E-state index is -0.335. The molecule has 0 spiro atoms. The number of anilines is 1. The topological polar surface area (TPSA) is 119 Å². The van der Waals surface area contributed by atoms with E-state index >= 15 is 0 Å². The van der Waals surface area contributed by atoms with Gasteiger partial charge in [0.25, 0.3) is 11.5 Å². The number of carbonyl (C=O) groups is 1. The molecule has 3 rings (SSSR count). The van der Waals surface area contributed by atoms with E-state index in [0.29, 0.717) is 23.4 Å². The first-order chi connectivity index (χ1) is 13.1. The third-order valence-corrected chi connectivity index (χ3v) is 4.16. The number of rotatable bonds is 7. The lowest BCUT2D eigenvalue weighted by Gasteiger charge is -2.09. The van der Waals surface area contributed by atoms with Gasteiger partial charge < -0.3 is 15.6 Å². The van der Waals surface area contributed by atoms with Crippen molar-refractivity contribution in [2.24, 2.45) is 0 Å². The van der Waals surface area contributed by atoms with Gasteiger partial charge >= 0.3 is 0 Å². The van der Waals surface area contributed by atoms with Crippen molar-refractivity contribution in [3.05, 3.63) is 64.5 Å². The van der Waals surface area contributed by atoms with Gasteiger partial charge in [0.1, 0.15) is 5.82 Å². The Morgan fingerprint density at radius 2 is 2.19 bits per heavy atom. The minimum Gasteiger partial charge on any atom is -0.369 e. The maximum atomic E-state index is 12.4. The Balaban J connectivity index is 1.61. The normalized spacial score (nSPS) is 10.7. The Bertz CT molecular complexity index is 992. The molecule has 3 aromatic rings. The Labute approximate surface area is 156 Å². The molecule has 1 aromatic carbocycles. The van der Waals surface area contributed by atoms with Gasteiger partial charge in [-0.25, -0.2) is 9.97 Å². The van der Waals surface area contributed by atoms with Crippen LogP contribution in [0.15, 0.2) is 47.5 Å². The highest BCUT2D eigenvalue weighted by Gasteiger charge is 2.09. The molecule has 2 aromatic heterocycles. The van der Waals surface area contributed by atoms with Gasteiger partial charge in [-0.15, -0.1) is 0 Å². The highest BCUT2D eigenvalue weighted by atomic mass is 16.1. The molecule has 0 aliphatic rings. The van der Waals surface area contributed by atoms with Gasteiger partial charge in [0.2, 0.25) is 5.95 Å². The van der Waals surface area contributed by atoms with Crippen molar-refractivity contribution in [2.75, 3.05) is 12.3 Å². The maximum Gasteiger partial charge on any atom is 0.252 e. The smallest absolute Gasteiger partial charge is 0.252 e. The van der Waals surface area contributed by atoms with Crippen LogP contribution in [0.4, 0.5) is 5.95 Å². The fourth-order valence-corrected chi connectivity index (χ4v) is 2.86. The number of nitrogens with two attached hydrogens (primary N) is 1. The van der Waals surface area contributed by atoms with Crippen LogP contribution in [0.5, 0.6) is 0 Å². The molecule has 27 heavy (non-hydrogen) atoms. The summed E-state index contributed by atoms with van der Waals surface area (Å²) in [5, 5.41) is 2.91. The zero-order chi connectivity index (χ0) is 19.2. The predicted molar refractivity (Wildman–Crippen MR) is 103 cm³/mol. The Kier molecular flexibility index (Phi) is 5.65. The van der Waals surface area contributed by atoms with E-state index in [0.717, 1.165) is 25.2 Å². The molecule has 1 amide bonds. The van der Waals surface area contributed by atoms with Crippen LogP contribution in [0.3, 0.4) is 0 Å². The number of imidazole rings is 1. The number of H-pyrrole nitrogens is 1. The number of nitrogens with zero attached hydrogens (tertiary/aromatic N) is 3. The molecule has 8 heteroatoms. The molecule has 0 aliphatic carbocycles. The van der Waals surface area contributed by atoms with E-state index in [-0.39, 0.29) is 17.4 Å². The molecule has 140 valence electrons. The molecule has 0 bridgehead atoms. The second-order valence-corrected chi connectivity index (χ2v) is 6.10. The van der Waals surface area contributed by atoms with Gasteiger partial charge in [-0.05, 0) is 18.6 Å². The Hall–Kier alpha value is -3.42. The van der Waals surface area contributed by atoms with Crippen LogP contribution >= 0.6 is 0 Å². The van der Waals surface area contributed by atoms with Crippen molar-refractivity contribution in [3.63, 3.8) is 0 Å². The van der Waals surface area contributed by atoms with Crippen LogP contribution in [0.2, 0.25) is 0 Å². The van der Waals surface area contributed by atoms with Gasteiger partial charge in [0, 0.05) is 49.1 Å². The minimum absolute atomic E-state index is 0.0401. The van der Waals surface area contributed by atoms with Crippen molar-refractivity contribution in [3.8, 4) is 11.3 Å². The zero-order valence-corrected chi connectivity index (χ0v) is 15.1. The van der Waals surface area contributed by atoms with Gasteiger partial charge in [-0.1, -0.05) is 19.1 Å². The molecular formula is C19H22N6O2. The fourth-order valence-electron chi connectivity index (χ4n) is 2.86. The number of aromatic nitrogens is 4. The summed E-state index contributed by atoms with van der Waals surface area (Å²) < 4.78 is 2.09. The second-order valence-electron chi connectivity index (χ2n) is 6.10. The van der Waals surface area contributed by atoms with E-state index < -0.39 is 0 Å². The molecule has 2 heterocycles. The molecule has 0 saturated carbocycles. The van der Waals surface area contributed by atoms with Gasteiger partial charge in [0.05, 0.1) is 5.69 Å². The lowest BCUT2D eigenvalue weighted by molar-refractivity contribution is 0.0952. The Morgan fingerprint density at radius 1 is 1.33 bits per heavy atom. The third-order valence-electron chi connectivity index (χ3n) is 4.16. The summed E-state index contributed by atoms with van der Waals surface area (Å²) in [4.78, 5) is 34.7. The van der Waals surface area contributed by atoms with Crippen molar-refractivity contribution in [1.29, 1.82) is 0 Å². The van der Waals surface area contributed by atoms with E-state index in [2.05, 4.69) is 31.8 Å². The van der Waals surface area contributed by atoms with Crippen LogP contribution in [0.1, 0.15) is 29.5 Å². The van der Waals surface area contributed by atoms with E-state index in [1.807, 2.05) is 6.20 Å². The summed E-state index contributed by atoms with van der Waals surface area (Å²) in [5.41, 5.74) is 6.84. The molecular weight excluding hydrogens is 344 g/mol. The number of hydrogen-bond donors (Lipinski definition) is 3. The van der Waals surface area contributed by atoms with Crippen LogP contribution in [0.25, 0.3) is 11.3 Å². The number of aromatic amines is 1. The van der Waals surface area contributed by atoms with Gasteiger partial charge in [0.15, 0.2) is 0 Å². The lowest BCUT2D eigenvalue weighted by Crippen LogP contribution is -2.25. The first-order valence-corrected chi connectivity index (χ1v) is 8.82. The predicted octanol–water partition coefficient (Wildman–Crippen LogP) is 1.60. The fraction of sp³-hybridized carbons (Fsp3) is 0.263. The number of amides is 1. The average molecular weight is 366 g/mol. The lowest BCUT2D eigenvalue weighted by atomic mass is 10.1. The first-order valence-electron chi connectivity index (χ1n) is 8.82. The number of hydrogen-bond acceptors (Lipinski definition) is 5. The standard InChI is InChI=1S/C19H22N6O2/c1-2-16-21-8-10-25(16)9-4-7-22-18(27)14-6-3-5-13(11-14)15-12-17(26)24-19(20)23-15/h3,5-6,8,10-12H,2,4,7,9H2,1H3,(H,22,27)(H3,20,23,24,26). The highest BCUT2D eigenvalue weighted by Crippen LogP contribution is 2.17. The monoisotopic (exact) mass is 366 g/mol. The summed E-state index contributed by atoms with van der Waals surface area (Å²) >= 11 is 0. The molecule has 0 saturated heterocycles. The van der Waals surface area contributed by atoms with Crippen LogP contribution in [-0.2, 0) is 13.0 Å². The molecule has 8 nitrogen and oxygen atoms in total. The molecule has 0 atom stereocenters. The first kappa shape index (κ1) is 18.4. The van der Waals surface area contributed by atoms with E-state index in [9.17, 15) is 9.59 Å². The van der Waals surface area contributed by atoms with Crippen LogP contribution < -0.4 is 16.6 Å². The van der Waals surface area contributed by atoms with Gasteiger partial charge in [-0.3, -0.25) is 14.6 Å². The highest BCUT2D eigenvalue weighted by molar-refractivity contribution is 5.95. The number of aryl methyl sites for hydroxylation is 2. The van der Waals surface area contributed by atoms with Crippen LogP contribution in [0, 0.1) is 0 Å². The second kappa shape index (κ2) is 8.31. The number of nitrogens with one attached hydrogen (secondary N) is 2. The van der Waals surface area contributed by atoms with E-state index in [4.69, 9.17) is 5.73 Å². The number of benzene rings is 1. The van der Waals surface area contributed by atoms with Crippen molar-refractivity contribution >= 4 is 11.9 Å². The zero-order valence-electron chi connectivity index (χ0n) is 15.1. The summed E-state index contributed by atoms with van der Waals surface area (Å²) in [6, 6.07) is 8.30. The average Bonchev–Trinajstić information content (AvgIpc) is 3.12. The van der Waals surface area contributed by atoms with Crippen LogP contribution in [-0.4, -0.2) is 32.0 Å². The van der Waals surface area contributed by atoms with E-state index in [1.54, 1.807) is 30.5 Å². The molecule has 0 radical (unpaired) electrons. The largest absolute Gasteiger partial charge is 0.369 e. The van der Waals surface area contributed by atoms with E-state index in [1.165, 1.54) is 6.07 Å². The summed E-state index contributed by atoms with van der Waals surface area (Å²) in [6.45, 7) is 3.43. The van der Waals surface area contributed by atoms with Gasteiger partial charge in [-0.2, -0.15) is 0 Å². The SMILES string of the molecule is CCc1nccn1CCCNC(=O)c1cccc(-c2cc(=O)[nH]c(N)n2)c1. The molecule has 4 N–H and O–H groups in total. The number of nitrogen functional groups attached to an aromatic ring is 1. The molecule has 0 unspecified atom stereocenters. The quantitative estimate of drug-likeness (QED) is 0.549. The third kappa shape index (κ3) is 4.60. The molecule has 0 fully saturated rings. The number of carbonyl (C=O) groups excluding carboxylic acids is 1. The summed E-state index contributed by atoms with van der Waals surface area (Å²) in [7, 11) is 0. The van der Waals surface area contributed by atoms with Crippen molar-refractivity contribution in [1.82, 2.24) is 24.8 Å². The molecule has 0 aliphatic heterocycles. The van der Waals surface area contributed by atoms with Crippen molar-refractivity contribution < 1.29 is 4.79 Å².